The SMILES string of the molecule is CCCc1c(F)cnn1C. The molecule has 0 N–H and O–H groups in total. The van der Waals surface area contributed by atoms with Gasteiger partial charge < -0.3 is 0 Å². The van der Waals surface area contributed by atoms with Crippen LogP contribution in [0.15, 0.2) is 6.20 Å². The molecule has 0 spiro atoms. The quantitative estimate of drug-likeness (QED) is 0.612. The van der Waals surface area contributed by atoms with Gasteiger partial charge in [-0.1, -0.05) is 13.3 Å². The van der Waals surface area contributed by atoms with E-state index in [4.69, 9.17) is 0 Å². The largest absolute Gasteiger partial charge is 0.270 e. The van der Waals surface area contributed by atoms with E-state index < -0.39 is 0 Å². The normalized spacial score (nSPS) is 10.3. The first-order valence-corrected chi connectivity index (χ1v) is 3.42. The molecule has 1 aromatic heterocycles. The van der Waals surface area contributed by atoms with Gasteiger partial charge in [0.1, 0.15) is 0 Å². The standard InChI is InChI=1S/C7H11FN2/c1-3-4-7-6(8)5-9-10(7)2/h5H,3-4H2,1-2H3. The van der Waals surface area contributed by atoms with Gasteiger partial charge in [-0.3, -0.25) is 4.68 Å². The van der Waals surface area contributed by atoms with Gasteiger partial charge in [0.2, 0.25) is 0 Å². The Morgan fingerprint density at radius 1 is 1.70 bits per heavy atom. The van der Waals surface area contributed by atoms with Crippen LogP contribution in [0.1, 0.15) is 19.0 Å². The van der Waals surface area contributed by atoms with E-state index in [-0.39, 0.29) is 5.82 Å². The molecule has 0 unspecified atom stereocenters. The molecule has 1 aromatic rings. The summed E-state index contributed by atoms with van der Waals surface area (Å²) in [4.78, 5) is 0. The van der Waals surface area contributed by atoms with Gasteiger partial charge in [-0.15, -0.1) is 0 Å². The average molecular weight is 142 g/mol. The number of hydrogen-bond donors (Lipinski definition) is 0. The van der Waals surface area contributed by atoms with Crippen molar-refractivity contribution in [2.45, 2.75) is 19.8 Å². The third-order valence-corrected chi connectivity index (χ3v) is 1.50. The molecular weight excluding hydrogens is 131 g/mol. The number of aryl methyl sites for hydroxylation is 1. The van der Waals surface area contributed by atoms with Crippen molar-refractivity contribution < 1.29 is 4.39 Å². The van der Waals surface area contributed by atoms with Gasteiger partial charge in [-0.2, -0.15) is 5.10 Å². The molecule has 0 radical (unpaired) electrons. The van der Waals surface area contributed by atoms with Gasteiger partial charge in [0.15, 0.2) is 5.82 Å². The number of nitrogens with zero attached hydrogens (tertiary/aromatic N) is 2. The average Bonchev–Trinajstić information content (AvgIpc) is 2.20. The number of hydrogen-bond acceptors (Lipinski definition) is 1. The Morgan fingerprint density at radius 3 is 2.80 bits per heavy atom. The topological polar surface area (TPSA) is 17.8 Å². The predicted molar refractivity (Wildman–Crippen MR) is 37.2 cm³/mol. The Hall–Kier alpha value is -0.860. The monoisotopic (exact) mass is 142 g/mol. The molecule has 0 amide bonds. The maximum absolute atomic E-state index is 12.7. The van der Waals surface area contributed by atoms with Gasteiger partial charge in [0.25, 0.3) is 0 Å². The molecule has 0 saturated heterocycles. The Labute approximate surface area is 59.7 Å². The maximum Gasteiger partial charge on any atom is 0.164 e. The molecule has 0 bridgehead atoms. The predicted octanol–water partition coefficient (Wildman–Crippen LogP) is 1.51. The van der Waals surface area contributed by atoms with E-state index in [1.165, 1.54) is 6.20 Å². The van der Waals surface area contributed by atoms with Crippen molar-refractivity contribution >= 4 is 0 Å². The second kappa shape index (κ2) is 2.82. The van der Waals surface area contributed by atoms with E-state index in [1.54, 1.807) is 11.7 Å². The first-order valence-electron chi connectivity index (χ1n) is 3.42. The van der Waals surface area contributed by atoms with Crippen LogP contribution < -0.4 is 0 Å². The maximum atomic E-state index is 12.7. The molecule has 3 heteroatoms. The second-order valence-corrected chi connectivity index (χ2v) is 2.31. The van der Waals surface area contributed by atoms with Crippen LogP contribution in [0, 0.1) is 5.82 Å². The molecule has 0 saturated carbocycles. The zero-order valence-corrected chi connectivity index (χ0v) is 6.26. The lowest BCUT2D eigenvalue weighted by atomic mass is 10.2. The molecule has 0 fully saturated rings. The van der Waals surface area contributed by atoms with Gasteiger partial charge in [0, 0.05) is 7.05 Å². The first kappa shape index (κ1) is 7.25. The van der Waals surface area contributed by atoms with Crippen molar-refractivity contribution in [1.29, 1.82) is 0 Å². The molecule has 10 heavy (non-hydrogen) atoms. The highest BCUT2D eigenvalue weighted by Crippen LogP contribution is 2.06. The van der Waals surface area contributed by atoms with E-state index in [0.29, 0.717) is 5.69 Å². The fourth-order valence-electron chi connectivity index (χ4n) is 0.954. The van der Waals surface area contributed by atoms with E-state index in [2.05, 4.69) is 5.10 Å². The highest BCUT2D eigenvalue weighted by Gasteiger charge is 2.04. The molecular formula is C7H11FN2. The van der Waals surface area contributed by atoms with Crippen LogP contribution in [-0.4, -0.2) is 9.78 Å². The molecule has 0 atom stereocenters. The molecule has 0 aromatic carbocycles. The van der Waals surface area contributed by atoms with Gasteiger partial charge in [-0.25, -0.2) is 4.39 Å². The van der Waals surface area contributed by atoms with Gasteiger partial charge in [0.05, 0.1) is 11.9 Å². The molecule has 2 nitrogen and oxygen atoms in total. The lowest BCUT2D eigenvalue weighted by Crippen LogP contribution is -1.98. The Morgan fingerprint density at radius 2 is 2.40 bits per heavy atom. The third-order valence-electron chi connectivity index (χ3n) is 1.50. The van der Waals surface area contributed by atoms with Crippen LogP contribution in [0.3, 0.4) is 0 Å². The molecule has 0 aliphatic rings. The molecule has 0 aliphatic carbocycles. The zero-order valence-electron chi connectivity index (χ0n) is 6.26. The van der Waals surface area contributed by atoms with Crippen molar-refractivity contribution in [3.05, 3.63) is 17.7 Å². The summed E-state index contributed by atoms with van der Waals surface area (Å²) in [5.41, 5.74) is 0.697. The highest BCUT2D eigenvalue weighted by atomic mass is 19.1. The summed E-state index contributed by atoms with van der Waals surface area (Å²) in [6.45, 7) is 2.02. The number of rotatable bonds is 2. The van der Waals surface area contributed by atoms with E-state index in [0.717, 1.165) is 12.8 Å². The summed E-state index contributed by atoms with van der Waals surface area (Å²) in [6, 6.07) is 0. The summed E-state index contributed by atoms with van der Waals surface area (Å²) in [6.07, 6.45) is 2.98. The van der Waals surface area contributed by atoms with Crippen molar-refractivity contribution in [3.63, 3.8) is 0 Å². The van der Waals surface area contributed by atoms with Crippen LogP contribution in [0.2, 0.25) is 0 Å². The van der Waals surface area contributed by atoms with Crippen molar-refractivity contribution in [2.75, 3.05) is 0 Å². The smallest absolute Gasteiger partial charge is 0.164 e. The summed E-state index contributed by atoms with van der Waals surface area (Å²) in [7, 11) is 1.76. The zero-order chi connectivity index (χ0) is 7.56. The van der Waals surface area contributed by atoms with Crippen LogP contribution in [-0.2, 0) is 13.5 Å². The molecule has 0 aliphatic heterocycles. The van der Waals surface area contributed by atoms with E-state index >= 15 is 0 Å². The highest BCUT2D eigenvalue weighted by molar-refractivity contribution is 5.03. The summed E-state index contributed by atoms with van der Waals surface area (Å²) in [5.74, 6) is -0.190. The van der Waals surface area contributed by atoms with Crippen LogP contribution in [0.25, 0.3) is 0 Å². The van der Waals surface area contributed by atoms with Crippen LogP contribution >= 0.6 is 0 Å². The van der Waals surface area contributed by atoms with Crippen molar-refractivity contribution in [3.8, 4) is 0 Å². The summed E-state index contributed by atoms with van der Waals surface area (Å²) in [5, 5.41) is 3.78. The fourth-order valence-corrected chi connectivity index (χ4v) is 0.954. The second-order valence-electron chi connectivity index (χ2n) is 2.31. The fraction of sp³-hybridized carbons (Fsp3) is 0.571. The number of aromatic nitrogens is 2. The molecule has 1 heterocycles. The van der Waals surface area contributed by atoms with Gasteiger partial charge in [-0.05, 0) is 6.42 Å². The lowest BCUT2D eigenvalue weighted by molar-refractivity contribution is 0.592. The van der Waals surface area contributed by atoms with Gasteiger partial charge >= 0.3 is 0 Å². The van der Waals surface area contributed by atoms with Crippen molar-refractivity contribution in [1.82, 2.24) is 9.78 Å². The summed E-state index contributed by atoms with van der Waals surface area (Å²) < 4.78 is 14.3. The molecule has 1 rings (SSSR count). The van der Waals surface area contributed by atoms with Crippen molar-refractivity contribution in [2.24, 2.45) is 7.05 Å². The Bertz CT molecular complexity index is 198. The minimum Gasteiger partial charge on any atom is -0.270 e. The van der Waals surface area contributed by atoms with Crippen LogP contribution in [0.5, 0.6) is 0 Å². The van der Waals surface area contributed by atoms with E-state index in [1.807, 2.05) is 6.92 Å². The minimum atomic E-state index is -0.190. The molecule has 56 valence electrons. The third kappa shape index (κ3) is 1.17. The lowest BCUT2D eigenvalue weighted by Gasteiger charge is -1.97. The Kier molecular flexibility index (Phi) is 2.04. The van der Waals surface area contributed by atoms with Crippen LogP contribution in [0.4, 0.5) is 4.39 Å². The Balaban J connectivity index is 2.87. The minimum absolute atomic E-state index is 0.190. The summed E-state index contributed by atoms with van der Waals surface area (Å²) >= 11 is 0. The van der Waals surface area contributed by atoms with E-state index in [9.17, 15) is 4.39 Å². The first-order chi connectivity index (χ1) is 4.75. The number of halogens is 1.